The van der Waals surface area contributed by atoms with Crippen molar-refractivity contribution in [2.45, 2.75) is 33.1 Å². The Balaban J connectivity index is 1.84. The lowest BCUT2D eigenvalue weighted by Crippen LogP contribution is -2.34. The van der Waals surface area contributed by atoms with Gasteiger partial charge in [-0.3, -0.25) is 14.5 Å². The summed E-state index contributed by atoms with van der Waals surface area (Å²) in [5.41, 5.74) is 9.43. The lowest BCUT2D eigenvalue weighted by Gasteiger charge is -2.25. The molecule has 2 aromatic rings. The van der Waals surface area contributed by atoms with Crippen molar-refractivity contribution in [2.75, 3.05) is 19.6 Å². The lowest BCUT2D eigenvalue weighted by molar-refractivity contribution is 0.0914. The molecule has 1 aromatic carbocycles. The number of nitrogens with zero attached hydrogens (tertiary/aromatic N) is 2. The fourth-order valence-corrected chi connectivity index (χ4v) is 3.62. The van der Waals surface area contributed by atoms with Crippen molar-refractivity contribution in [3.05, 3.63) is 52.8 Å². The molecule has 132 valence electrons. The van der Waals surface area contributed by atoms with E-state index >= 15 is 0 Å². The number of aromatic nitrogens is 1. The fourth-order valence-electron chi connectivity index (χ4n) is 3.62. The van der Waals surface area contributed by atoms with Crippen molar-refractivity contribution in [2.24, 2.45) is 5.73 Å². The fraction of sp³-hybridized carbons (Fsp3) is 0.400. The Hall–Kier alpha value is -2.40. The van der Waals surface area contributed by atoms with E-state index in [2.05, 4.69) is 4.90 Å². The zero-order chi connectivity index (χ0) is 18.0. The first-order chi connectivity index (χ1) is 12.0. The number of hydrogen-bond donors (Lipinski definition) is 1. The molecule has 0 bridgehead atoms. The zero-order valence-electron chi connectivity index (χ0n) is 14.9. The van der Waals surface area contributed by atoms with Crippen molar-refractivity contribution in [3.63, 3.8) is 0 Å². The predicted octanol–water partition coefficient (Wildman–Crippen LogP) is 2.86. The number of hydrogen-bond acceptors (Lipinski definition) is 3. The number of benzene rings is 1. The van der Waals surface area contributed by atoms with Gasteiger partial charge in [0.1, 0.15) is 0 Å². The molecule has 25 heavy (non-hydrogen) atoms. The van der Waals surface area contributed by atoms with E-state index in [1.807, 2.05) is 36.6 Å². The van der Waals surface area contributed by atoms with Crippen LogP contribution in [-0.2, 0) is 0 Å². The molecule has 0 unspecified atom stereocenters. The van der Waals surface area contributed by atoms with E-state index in [1.54, 1.807) is 12.1 Å². The monoisotopic (exact) mass is 339 g/mol. The van der Waals surface area contributed by atoms with Crippen LogP contribution in [0, 0.1) is 13.8 Å². The molecule has 5 heteroatoms. The van der Waals surface area contributed by atoms with Crippen LogP contribution in [0.25, 0.3) is 5.69 Å². The Bertz CT molecular complexity index is 784. The number of ketones is 1. The van der Waals surface area contributed by atoms with Gasteiger partial charge in [-0.1, -0.05) is 6.42 Å². The van der Waals surface area contributed by atoms with E-state index < -0.39 is 5.91 Å². The first-order valence-electron chi connectivity index (χ1n) is 8.82. The van der Waals surface area contributed by atoms with Crippen molar-refractivity contribution >= 4 is 11.7 Å². The van der Waals surface area contributed by atoms with E-state index in [1.165, 1.54) is 19.3 Å². The molecule has 2 N–H and O–H groups in total. The van der Waals surface area contributed by atoms with Gasteiger partial charge in [0.25, 0.3) is 0 Å². The predicted molar refractivity (Wildman–Crippen MR) is 98.4 cm³/mol. The Kier molecular flexibility index (Phi) is 5.04. The second kappa shape index (κ2) is 7.23. The van der Waals surface area contributed by atoms with Gasteiger partial charge >= 0.3 is 0 Å². The van der Waals surface area contributed by atoms with Gasteiger partial charge in [-0.15, -0.1) is 0 Å². The molecule has 0 radical (unpaired) electrons. The van der Waals surface area contributed by atoms with Gasteiger partial charge in [0.2, 0.25) is 5.91 Å². The minimum Gasteiger partial charge on any atom is -0.366 e. The molecule has 0 atom stereocenters. The average molecular weight is 339 g/mol. The van der Waals surface area contributed by atoms with Crippen LogP contribution in [0.4, 0.5) is 0 Å². The largest absolute Gasteiger partial charge is 0.366 e. The van der Waals surface area contributed by atoms with Gasteiger partial charge in [0.15, 0.2) is 5.78 Å². The third-order valence-corrected chi connectivity index (χ3v) is 4.96. The third kappa shape index (κ3) is 3.66. The SMILES string of the molecule is Cc1cc(C(=O)CN2CCCCC2)c(C)n1-c1ccc(C(N)=O)cc1. The number of likely N-dealkylation sites (tertiary alicyclic amines) is 1. The summed E-state index contributed by atoms with van der Waals surface area (Å²) in [6, 6.07) is 9.11. The third-order valence-electron chi connectivity index (χ3n) is 4.96. The highest BCUT2D eigenvalue weighted by atomic mass is 16.1. The van der Waals surface area contributed by atoms with Crippen LogP contribution in [0.2, 0.25) is 0 Å². The number of piperidine rings is 1. The number of carbonyl (C=O) groups is 2. The van der Waals surface area contributed by atoms with Crippen molar-refractivity contribution in [1.29, 1.82) is 0 Å². The summed E-state index contributed by atoms with van der Waals surface area (Å²) in [6.07, 6.45) is 3.62. The standard InChI is InChI=1S/C20H25N3O2/c1-14-12-18(19(24)13-22-10-4-3-5-11-22)15(2)23(14)17-8-6-16(7-9-17)20(21)25/h6-9,12H,3-5,10-11,13H2,1-2H3,(H2,21,25). The van der Waals surface area contributed by atoms with Crippen LogP contribution in [0.3, 0.4) is 0 Å². The summed E-state index contributed by atoms with van der Waals surface area (Å²) in [6.45, 7) is 6.48. The number of nitrogens with two attached hydrogens (primary N) is 1. The molecule has 0 saturated carbocycles. The summed E-state index contributed by atoms with van der Waals surface area (Å²) in [5.74, 6) is -0.264. The second-order valence-electron chi connectivity index (χ2n) is 6.79. The number of aryl methyl sites for hydroxylation is 1. The molecule has 1 fully saturated rings. The van der Waals surface area contributed by atoms with E-state index in [0.29, 0.717) is 12.1 Å². The second-order valence-corrected chi connectivity index (χ2v) is 6.79. The van der Waals surface area contributed by atoms with Crippen LogP contribution in [0.1, 0.15) is 51.4 Å². The van der Waals surface area contributed by atoms with Crippen LogP contribution in [0.5, 0.6) is 0 Å². The molecule has 5 nitrogen and oxygen atoms in total. The normalized spacial score (nSPS) is 15.3. The van der Waals surface area contributed by atoms with E-state index in [-0.39, 0.29) is 5.78 Å². The molecule has 2 heterocycles. The minimum atomic E-state index is -0.440. The van der Waals surface area contributed by atoms with Gasteiger partial charge in [0.05, 0.1) is 6.54 Å². The highest BCUT2D eigenvalue weighted by molar-refractivity contribution is 5.99. The van der Waals surface area contributed by atoms with Crippen molar-refractivity contribution in [1.82, 2.24) is 9.47 Å². The first-order valence-corrected chi connectivity index (χ1v) is 8.82. The van der Waals surface area contributed by atoms with Crippen LogP contribution >= 0.6 is 0 Å². The maximum absolute atomic E-state index is 12.8. The van der Waals surface area contributed by atoms with Crippen LogP contribution in [-0.4, -0.2) is 40.8 Å². The van der Waals surface area contributed by atoms with E-state index in [4.69, 9.17) is 5.73 Å². The molecule has 3 rings (SSSR count). The molecule has 0 spiro atoms. The van der Waals surface area contributed by atoms with Gasteiger partial charge < -0.3 is 10.3 Å². The summed E-state index contributed by atoms with van der Waals surface area (Å²) >= 11 is 0. The molecule has 1 aliphatic rings. The quantitative estimate of drug-likeness (QED) is 0.852. The Morgan fingerprint density at radius 3 is 2.28 bits per heavy atom. The average Bonchev–Trinajstić information content (AvgIpc) is 2.90. The van der Waals surface area contributed by atoms with Gasteiger partial charge in [-0.2, -0.15) is 0 Å². The molecular formula is C20H25N3O2. The minimum absolute atomic E-state index is 0.176. The summed E-state index contributed by atoms with van der Waals surface area (Å²) in [7, 11) is 0. The highest BCUT2D eigenvalue weighted by Gasteiger charge is 2.20. The molecular weight excluding hydrogens is 314 g/mol. The molecule has 1 aromatic heterocycles. The Labute approximate surface area is 148 Å². The summed E-state index contributed by atoms with van der Waals surface area (Å²) in [5, 5.41) is 0. The maximum atomic E-state index is 12.8. The summed E-state index contributed by atoms with van der Waals surface area (Å²) in [4.78, 5) is 26.2. The number of carbonyl (C=O) groups excluding carboxylic acids is 2. The van der Waals surface area contributed by atoms with Gasteiger partial charge in [-0.05, 0) is 70.1 Å². The van der Waals surface area contributed by atoms with E-state index in [9.17, 15) is 9.59 Å². The lowest BCUT2D eigenvalue weighted by atomic mass is 10.1. The van der Waals surface area contributed by atoms with Crippen molar-refractivity contribution < 1.29 is 9.59 Å². The smallest absolute Gasteiger partial charge is 0.248 e. The number of rotatable bonds is 5. The van der Waals surface area contributed by atoms with Gasteiger partial charge in [0, 0.05) is 28.2 Å². The maximum Gasteiger partial charge on any atom is 0.248 e. The molecule has 0 aliphatic carbocycles. The van der Waals surface area contributed by atoms with E-state index in [0.717, 1.165) is 35.7 Å². The number of amides is 1. The first kappa shape index (κ1) is 17.4. The highest BCUT2D eigenvalue weighted by Crippen LogP contribution is 2.22. The van der Waals surface area contributed by atoms with Crippen LogP contribution in [0.15, 0.2) is 30.3 Å². The summed E-state index contributed by atoms with van der Waals surface area (Å²) < 4.78 is 2.05. The Morgan fingerprint density at radius 2 is 1.68 bits per heavy atom. The molecule has 1 saturated heterocycles. The van der Waals surface area contributed by atoms with Gasteiger partial charge in [-0.25, -0.2) is 0 Å². The topological polar surface area (TPSA) is 68.3 Å². The molecule has 1 aliphatic heterocycles. The van der Waals surface area contributed by atoms with Crippen LogP contribution < -0.4 is 5.73 Å². The molecule has 1 amide bonds. The zero-order valence-corrected chi connectivity index (χ0v) is 14.9. The number of Topliss-reactive ketones (excluding diaryl/α,β-unsaturated/α-hetero) is 1. The van der Waals surface area contributed by atoms with Crippen molar-refractivity contribution in [3.8, 4) is 5.69 Å². The Morgan fingerprint density at radius 1 is 1.04 bits per heavy atom. The number of primary amides is 1.